The average molecular weight is 552 g/mol. The van der Waals surface area contributed by atoms with E-state index in [0.717, 1.165) is 41.2 Å². The van der Waals surface area contributed by atoms with Crippen LogP contribution < -0.4 is 10.6 Å². The number of thiophene rings is 1. The Morgan fingerprint density at radius 2 is 1.71 bits per heavy atom. The topological polar surface area (TPSA) is 118 Å². The molecule has 0 radical (unpaired) electrons. The number of anilines is 2. The van der Waals surface area contributed by atoms with E-state index in [2.05, 4.69) is 20.9 Å². The van der Waals surface area contributed by atoms with Crippen molar-refractivity contribution in [3.8, 4) is 11.4 Å². The number of hydrogen-bond acceptors (Lipinski definition) is 10. The largest absolute Gasteiger partial charge is 0.384 e. The number of fused-ring (bicyclic) bond motifs is 1. The van der Waals surface area contributed by atoms with E-state index >= 15 is 0 Å². The summed E-state index contributed by atoms with van der Waals surface area (Å²) in [5.74, 6) is 1.99. The van der Waals surface area contributed by atoms with Crippen molar-refractivity contribution in [2.45, 2.75) is 11.4 Å². The summed E-state index contributed by atoms with van der Waals surface area (Å²) in [7, 11) is -3.47. The van der Waals surface area contributed by atoms with Crippen molar-refractivity contribution >= 4 is 43.2 Å². The van der Waals surface area contributed by atoms with Crippen LogP contribution in [-0.2, 0) is 21.3 Å². The average Bonchev–Trinajstić information content (AvgIpc) is 3.36. The van der Waals surface area contributed by atoms with Gasteiger partial charge < -0.3 is 15.4 Å². The smallest absolute Gasteiger partial charge is 0.243 e. The first-order valence-corrected chi connectivity index (χ1v) is 14.9. The van der Waals surface area contributed by atoms with E-state index in [1.54, 1.807) is 52.2 Å². The van der Waals surface area contributed by atoms with Gasteiger partial charge in [-0.1, -0.05) is 18.2 Å². The zero-order chi connectivity index (χ0) is 26.1. The summed E-state index contributed by atoms with van der Waals surface area (Å²) in [4.78, 5) is 20.1. The van der Waals surface area contributed by atoms with Crippen LogP contribution in [-0.4, -0.2) is 85.1 Å². The zero-order valence-electron chi connectivity index (χ0n) is 20.9. The maximum Gasteiger partial charge on any atom is 0.243 e. The van der Waals surface area contributed by atoms with Crippen molar-refractivity contribution in [2.24, 2.45) is 0 Å². The first-order valence-electron chi connectivity index (χ1n) is 12.6. The molecule has 0 spiro atoms. The minimum Gasteiger partial charge on any atom is -0.384 e. The monoisotopic (exact) mass is 551 g/mol. The quantitative estimate of drug-likeness (QED) is 0.386. The fraction of sp³-hybridized carbons (Fsp3) is 0.346. The number of nitrogens with zero attached hydrogens (tertiary/aromatic N) is 6. The number of aromatic nitrogens is 3. The normalized spacial score (nSPS) is 17.7. The molecule has 4 aromatic rings. The standard InChI is InChI=1S/C26H29N7O3S2/c27-23-7-6-19(17-28-23)25-29-22-16-20(37-24(22)26(30-25)32-12-14-36-15-13-32)18-31-8-10-33(11-9-31)38(34,35)21-4-2-1-3-5-21/h1-7,16-17H,8-15,18H2,(H2,27,28). The lowest BCUT2D eigenvalue weighted by atomic mass is 10.2. The Hall–Kier alpha value is -3.16. The lowest BCUT2D eigenvalue weighted by Crippen LogP contribution is -2.48. The molecule has 6 rings (SSSR count). The van der Waals surface area contributed by atoms with Gasteiger partial charge in [0.2, 0.25) is 10.0 Å². The Morgan fingerprint density at radius 3 is 2.42 bits per heavy atom. The number of sulfonamides is 1. The van der Waals surface area contributed by atoms with Gasteiger partial charge in [0, 0.05) is 62.5 Å². The third kappa shape index (κ3) is 5.09. The maximum absolute atomic E-state index is 13.0. The molecule has 2 aliphatic rings. The molecule has 2 saturated heterocycles. The van der Waals surface area contributed by atoms with Gasteiger partial charge >= 0.3 is 0 Å². The van der Waals surface area contributed by atoms with E-state index in [4.69, 9.17) is 20.4 Å². The number of rotatable bonds is 6. The summed E-state index contributed by atoms with van der Waals surface area (Å²) in [5.41, 5.74) is 7.50. The predicted octanol–water partition coefficient (Wildman–Crippen LogP) is 2.68. The van der Waals surface area contributed by atoms with Crippen LogP contribution in [0.15, 0.2) is 59.6 Å². The molecule has 0 bridgehead atoms. The highest BCUT2D eigenvalue weighted by Gasteiger charge is 2.29. The van der Waals surface area contributed by atoms with Gasteiger partial charge in [-0.05, 0) is 30.3 Å². The van der Waals surface area contributed by atoms with Crippen LogP contribution in [0.4, 0.5) is 11.6 Å². The maximum atomic E-state index is 13.0. The van der Waals surface area contributed by atoms with Gasteiger partial charge in [-0.25, -0.2) is 23.4 Å². The minimum atomic E-state index is -3.47. The molecule has 12 heteroatoms. The Kier molecular flexibility index (Phi) is 6.97. The van der Waals surface area contributed by atoms with Crippen molar-refractivity contribution in [1.82, 2.24) is 24.2 Å². The van der Waals surface area contributed by atoms with E-state index in [9.17, 15) is 8.42 Å². The number of nitrogens with two attached hydrogens (primary N) is 1. The molecule has 5 heterocycles. The van der Waals surface area contributed by atoms with E-state index in [1.807, 2.05) is 12.1 Å². The van der Waals surface area contributed by atoms with Crippen molar-refractivity contribution in [3.63, 3.8) is 0 Å². The highest BCUT2D eigenvalue weighted by molar-refractivity contribution is 7.89. The van der Waals surface area contributed by atoms with Gasteiger partial charge in [0.25, 0.3) is 0 Å². The van der Waals surface area contributed by atoms with Gasteiger partial charge in [0.05, 0.1) is 28.3 Å². The van der Waals surface area contributed by atoms with Crippen LogP contribution in [0.5, 0.6) is 0 Å². The summed E-state index contributed by atoms with van der Waals surface area (Å²) in [6, 6.07) is 14.4. The van der Waals surface area contributed by atoms with Gasteiger partial charge in [0.1, 0.15) is 5.82 Å². The molecule has 38 heavy (non-hydrogen) atoms. The number of pyridine rings is 1. The van der Waals surface area contributed by atoms with Crippen LogP contribution in [0.2, 0.25) is 0 Å². The minimum absolute atomic E-state index is 0.347. The number of piperazine rings is 1. The Bertz CT molecular complexity index is 1510. The second-order valence-corrected chi connectivity index (χ2v) is 12.4. The number of benzene rings is 1. The Labute approximate surface area is 225 Å². The zero-order valence-corrected chi connectivity index (χ0v) is 22.5. The Balaban J connectivity index is 1.23. The van der Waals surface area contributed by atoms with Crippen molar-refractivity contribution in [1.29, 1.82) is 0 Å². The summed E-state index contributed by atoms with van der Waals surface area (Å²) < 4.78 is 34.2. The molecule has 198 valence electrons. The van der Waals surface area contributed by atoms with E-state index in [0.29, 0.717) is 55.9 Å². The molecule has 0 amide bonds. The van der Waals surface area contributed by atoms with Crippen molar-refractivity contribution in [3.05, 3.63) is 59.6 Å². The van der Waals surface area contributed by atoms with Crippen LogP contribution in [0.1, 0.15) is 4.88 Å². The molecule has 10 nitrogen and oxygen atoms in total. The van der Waals surface area contributed by atoms with E-state index in [1.165, 1.54) is 4.88 Å². The van der Waals surface area contributed by atoms with Gasteiger partial charge in [0.15, 0.2) is 11.6 Å². The fourth-order valence-electron chi connectivity index (χ4n) is 4.79. The fourth-order valence-corrected chi connectivity index (χ4v) is 7.39. The number of ether oxygens (including phenoxy) is 1. The molecular weight excluding hydrogens is 522 g/mol. The predicted molar refractivity (Wildman–Crippen MR) is 149 cm³/mol. The van der Waals surface area contributed by atoms with E-state index in [-0.39, 0.29) is 0 Å². The lowest BCUT2D eigenvalue weighted by Gasteiger charge is -2.33. The van der Waals surface area contributed by atoms with Crippen LogP contribution >= 0.6 is 11.3 Å². The van der Waals surface area contributed by atoms with Crippen molar-refractivity contribution < 1.29 is 13.2 Å². The first kappa shape index (κ1) is 25.1. The summed E-state index contributed by atoms with van der Waals surface area (Å²) in [6.45, 7) is 5.89. The summed E-state index contributed by atoms with van der Waals surface area (Å²) >= 11 is 1.70. The summed E-state index contributed by atoms with van der Waals surface area (Å²) in [6.07, 6.45) is 1.70. The Morgan fingerprint density at radius 1 is 0.947 bits per heavy atom. The highest BCUT2D eigenvalue weighted by Crippen LogP contribution is 2.35. The lowest BCUT2D eigenvalue weighted by molar-refractivity contribution is 0.122. The number of hydrogen-bond donors (Lipinski definition) is 1. The van der Waals surface area contributed by atoms with Crippen LogP contribution in [0.3, 0.4) is 0 Å². The molecule has 0 aliphatic carbocycles. The van der Waals surface area contributed by atoms with E-state index < -0.39 is 10.0 Å². The molecule has 0 unspecified atom stereocenters. The molecule has 2 aliphatic heterocycles. The SMILES string of the molecule is Nc1ccc(-c2nc(N3CCOCC3)c3sc(CN4CCN(S(=O)(=O)c5ccccc5)CC4)cc3n2)cn1. The molecule has 3 aromatic heterocycles. The summed E-state index contributed by atoms with van der Waals surface area (Å²) in [5, 5.41) is 0. The first-order chi connectivity index (χ1) is 18.5. The highest BCUT2D eigenvalue weighted by atomic mass is 32.2. The second kappa shape index (κ2) is 10.5. The third-order valence-corrected chi connectivity index (χ3v) is 9.87. The van der Waals surface area contributed by atoms with Crippen LogP contribution in [0, 0.1) is 0 Å². The van der Waals surface area contributed by atoms with Gasteiger partial charge in [-0.2, -0.15) is 4.31 Å². The number of morpholine rings is 1. The molecule has 2 fully saturated rings. The molecule has 2 N–H and O–H groups in total. The molecular formula is C26H29N7O3S2. The van der Waals surface area contributed by atoms with Crippen LogP contribution in [0.25, 0.3) is 21.6 Å². The van der Waals surface area contributed by atoms with Crippen molar-refractivity contribution in [2.75, 3.05) is 63.1 Å². The second-order valence-electron chi connectivity index (χ2n) is 9.36. The number of nitrogen functional groups attached to an aromatic ring is 1. The van der Waals surface area contributed by atoms with Gasteiger partial charge in [-0.15, -0.1) is 11.3 Å². The molecule has 1 aromatic carbocycles. The van der Waals surface area contributed by atoms with Gasteiger partial charge in [-0.3, -0.25) is 4.90 Å². The molecule has 0 saturated carbocycles. The third-order valence-electron chi connectivity index (χ3n) is 6.85. The molecule has 0 atom stereocenters.